The van der Waals surface area contributed by atoms with Crippen molar-refractivity contribution in [2.75, 3.05) is 19.5 Å². The SMILES string of the molecule is COc1ccc(C2C=C(c3ccc([N+](=O)[O-])cc3)Nc3ncnn32)cc1OC. The van der Waals surface area contributed by atoms with Crippen LogP contribution in [0.3, 0.4) is 0 Å². The van der Waals surface area contributed by atoms with Crippen LogP contribution in [0.15, 0.2) is 54.9 Å². The van der Waals surface area contributed by atoms with Crippen molar-refractivity contribution in [3.8, 4) is 11.5 Å². The summed E-state index contributed by atoms with van der Waals surface area (Å²) in [6, 6.07) is 11.8. The van der Waals surface area contributed by atoms with Crippen LogP contribution in [-0.4, -0.2) is 33.9 Å². The number of benzene rings is 2. The lowest BCUT2D eigenvalue weighted by Gasteiger charge is -2.25. The van der Waals surface area contributed by atoms with E-state index < -0.39 is 4.92 Å². The van der Waals surface area contributed by atoms with E-state index in [9.17, 15) is 10.1 Å². The Morgan fingerprint density at radius 2 is 1.86 bits per heavy atom. The molecular weight excluding hydrogens is 362 g/mol. The van der Waals surface area contributed by atoms with E-state index in [1.165, 1.54) is 18.5 Å². The molecule has 1 N–H and O–H groups in total. The summed E-state index contributed by atoms with van der Waals surface area (Å²) in [6.45, 7) is 0. The number of ether oxygens (including phenoxy) is 2. The minimum Gasteiger partial charge on any atom is -0.493 e. The molecule has 0 saturated heterocycles. The zero-order valence-corrected chi connectivity index (χ0v) is 15.2. The number of hydrogen-bond acceptors (Lipinski definition) is 7. The molecule has 1 aromatic heterocycles. The summed E-state index contributed by atoms with van der Waals surface area (Å²) in [6.07, 6.45) is 3.47. The number of rotatable bonds is 5. The number of hydrogen-bond donors (Lipinski definition) is 1. The third-order valence-corrected chi connectivity index (χ3v) is 4.55. The van der Waals surface area contributed by atoms with Crippen molar-refractivity contribution >= 4 is 17.3 Å². The highest BCUT2D eigenvalue weighted by Gasteiger charge is 2.24. The van der Waals surface area contributed by atoms with Crippen molar-refractivity contribution in [1.29, 1.82) is 0 Å². The van der Waals surface area contributed by atoms with E-state index in [2.05, 4.69) is 15.4 Å². The highest BCUT2D eigenvalue weighted by atomic mass is 16.6. The molecule has 142 valence electrons. The number of aromatic nitrogens is 3. The van der Waals surface area contributed by atoms with Gasteiger partial charge < -0.3 is 14.8 Å². The molecule has 1 atom stereocenters. The Morgan fingerprint density at radius 1 is 1.11 bits per heavy atom. The quantitative estimate of drug-likeness (QED) is 0.536. The number of nitrogens with zero attached hydrogens (tertiary/aromatic N) is 4. The average Bonchev–Trinajstić information content (AvgIpc) is 3.21. The Hall–Kier alpha value is -3.88. The van der Waals surface area contributed by atoms with Gasteiger partial charge in [-0.25, -0.2) is 4.68 Å². The fourth-order valence-electron chi connectivity index (χ4n) is 3.14. The Bertz CT molecular complexity index is 1060. The summed E-state index contributed by atoms with van der Waals surface area (Å²) in [7, 11) is 3.17. The van der Waals surface area contributed by atoms with Crippen LogP contribution >= 0.6 is 0 Å². The molecule has 0 aliphatic carbocycles. The monoisotopic (exact) mass is 379 g/mol. The van der Waals surface area contributed by atoms with Gasteiger partial charge in [0.2, 0.25) is 5.95 Å². The minimum atomic E-state index is -0.421. The first-order valence-electron chi connectivity index (χ1n) is 8.46. The molecule has 0 fully saturated rings. The molecule has 2 heterocycles. The van der Waals surface area contributed by atoms with Crippen LogP contribution in [0.2, 0.25) is 0 Å². The van der Waals surface area contributed by atoms with E-state index >= 15 is 0 Å². The summed E-state index contributed by atoms with van der Waals surface area (Å²) in [5.41, 5.74) is 2.57. The maximum absolute atomic E-state index is 10.9. The van der Waals surface area contributed by atoms with Crippen LogP contribution in [0.5, 0.6) is 11.5 Å². The summed E-state index contributed by atoms with van der Waals surface area (Å²) >= 11 is 0. The summed E-state index contributed by atoms with van der Waals surface area (Å²) < 4.78 is 12.5. The van der Waals surface area contributed by atoms with Crippen LogP contribution in [0.4, 0.5) is 11.6 Å². The van der Waals surface area contributed by atoms with Gasteiger partial charge in [0, 0.05) is 17.8 Å². The zero-order valence-electron chi connectivity index (χ0n) is 15.2. The van der Waals surface area contributed by atoms with Crippen molar-refractivity contribution in [2.24, 2.45) is 0 Å². The van der Waals surface area contributed by atoms with Gasteiger partial charge in [0.25, 0.3) is 5.69 Å². The molecule has 9 heteroatoms. The van der Waals surface area contributed by atoms with Gasteiger partial charge in [-0.1, -0.05) is 6.07 Å². The third-order valence-electron chi connectivity index (χ3n) is 4.55. The van der Waals surface area contributed by atoms with Crippen molar-refractivity contribution in [2.45, 2.75) is 6.04 Å². The number of nitro benzene ring substituents is 1. The lowest BCUT2D eigenvalue weighted by Crippen LogP contribution is -2.20. The predicted molar refractivity (Wildman–Crippen MR) is 102 cm³/mol. The van der Waals surface area contributed by atoms with Crippen molar-refractivity contribution in [1.82, 2.24) is 14.8 Å². The van der Waals surface area contributed by atoms with Gasteiger partial charge in [0.05, 0.1) is 19.1 Å². The largest absolute Gasteiger partial charge is 0.493 e. The van der Waals surface area contributed by atoms with Gasteiger partial charge in [-0.15, -0.1) is 0 Å². The molecule has 9 nitrogen and oxygen atoms in total. The average molecular weight is 379 g/mol. The molecule has 1 aliphatic heterocycles. The molecule has 28 heavy (non-hydrogen) atoms. The molecule has 0 amide bonds. The van der Waals surface area contributed by atoms with Gasteiger partial charge in [-0.05, 0) is 41.5 Å². The zero-order chi connectivity index (χ0) is 19.7. The molecule has 0 spiro atoms. The van der Waals surface area contributed by atoms with Crippen molar-refractivity contribution < 1.29 is 14.4 Å². The number of fused-ring (bicyclic) bond motifs is 1. The van der Waals surface area contributed by atoms with Gasteiger partial charge >= 0.3 is 0 Å². The van der Waals surface area contributed by atoms with Crippen molar-refractivity contribution in [3.63, 3.8) is 0 Å². The Balaban J connectivity index is 1.76. The van der Waals surface area contributed by atoms with E-state index in [4.69, 9.17) is 9.47 Å². The molecule has 4 rings (SSSR count). The molecule has 0 bridgehead atoms. The second kappa shape index (κ2) is 7.03. The summed E-state index contributed by atoms with van der Waals surface area (Å²) in [5.74, 6) is 1.83. The molecule has 1 aliphatic rings. The molecule has 0 saturated carbocycles. The van der Waals surface area contributed by atoms with Crippen LogP contribution < -0.4 is 14.8 Å². The summed E-state index contributed by atoms with van der Waals surface area (Å²) in [5, 5.41) is 18.4. The standard InChI is InChI=1S/C19H17N5O4/c1-27-17-8-5-13(9-18(17)28-2)16-10-15(22-19-20-11-21-23(16)19)12-3-6-14(7-4-12)24(25)26/h3-11,16H,1-2H3,(H,20,21,22). The van der Waals surface area contributed by atoms with E-state index in [-0.39, 0.29) is 11.7 Å². The second-order valence-corrected chi connectivity index (χ2v) is 6.10. The first kappa shape index (κ1) is 17.5. The highest BCUT2D eigenvalue weighted by Crippen LogP contribution is 2.36. The normalized spacial score (nSPS) is 15.2. The van der Waals surface area contributed by atoms with E-state index in [0.717, 1.165) is 16.8 Å². The number of anilines is 1. The van der Waals surface area contributed by atoms with Gasteiger partial charge in [0.15, 0.2) is 11.5 Å². The molecule has 2 aromatic carbocycles. The van der Waals surface area contributed by atoms with Crippen LogP contribution in [-0.2, 0) is 0 Å². The lowest BCUT2D eigenvalue weighted by atomic mass is 10.0. The smallest absolute Gasteiger partial charge is 0.269 e. The van der Waals surface area contributed by atoms with Crippen LogP contribution in [0.25, 0.3) is 5.70 Å². The number of nitro groups is 1. The number of nitrogens with one attached hydrogen (secondary N) is 1. The summed E-state index contributed by atoms with van der Waals surface area (Å²) in [4.78, 5) is 14.7. The van der Waals surface area contributed by atoms with E-state index in [1.54, 1.807) is 31.0 Å². The van der Waals surface area contributed by atoms with Gasteiger partial charge in [-0.2, -0.15) is 10.1 Å². The topological polar surface area (TPSA) is 104 Å². The Kier molecular flexibility index (Phi) is 4.40. The number of non-ortho nitro benzene ring substituents is 1. The number of methoxy groups -OCH3 is 2. The maximum atomic E-state index is 10.9. The molecule has 3 aromatic rings. The highest BCUT2D eigenvalue weighted by molar-refractivity contribution is 5.77. The minimum absolute atomic E-state index is 0.0415. The van der Waals surface area contributed by atoms with Gasteiger partial charge in [-0.3, -0.25) is 10.1 Å². The van der Waals surface area contributed by atoms with E-state index in [1.807, 2.05) is 24.3 Å². The maximum Gasteiger partial charge on any atom is 0.269 e. The van der Waals surface area contributed by atoms with E-state index in [0.29, 0.717) is 17.4 Å². The number of allylic oxidation sites excluding steroid dienone is 1. The van der Waals surface area contributed by atoms with Gasteiger partial charge in [0.1, 0.15) is 12.4 Å². The third kappa shape index (κ3) is 3.02. The fraction of sp³-hybridized carbons (Fsp3) is 0.158. The van der Waals surface area contributed by atoms with Crippen LogP contribution in [0.1, 0.15) is 17.2 Å². The molecule has 0 radical (unpaired) electrons. The Labute approximate surface area is 160 Å². The first-order chi connectivity index (χ1) is 13.6. The second-order valence-electron chi connectivity index (χ2n) is 6.10. The Morgan fingerprint density at radius 3 is 2.54 bits per heavy atom. The van der Waals surface area contributed by atoms with Crippen LogP contribution in [0, 0.1) is 10.1 Å². The predicted octanol–water partition coefficient (Wildman–Crippen LogP) is 3.26. The van der Waals surface area contributed by atoms with Crippen molar-refractivity contribution in [3.05, 3.63) is 76.1 Å². The molecular formula is C19H17N5O4. The lowest BCUT2D eigenvalue weighted by molar-refractivity contribution is -0.384. The fourth-order valence-corrected chi connectivity index (χ4v) is 3.14. The first-order valence-corrected chi connectivity index (χ1v) is 8.46. The molecule has 1 unspecified atom stereocenters.